The van der Waals surface area contributed by atoms with Gasteiger partial charge in [0, 0.05) is 6.42 Å². The lowest BCUT2D eigenvalue weighted by atomic mass is 9.99. The number of benzene rings is 2. The fourth-order valence-electron chi connectivity index (χ4n) is 3.79. The first-order valence-electron chi connectivity index (χ1n) is 9.78. The molecule has 2 aromatic rings. The quantitative estimate of drug-likeness (QED) is 0.671. The molecule has 0 unspecified atom stereocenters. The summed E-state index contributed by atoms with van der Waals surface area (Å²) in [5.41, 5.74) is 7.27. The van der Waals surface area contributed by atoms with Gasteiger partial charge in [0.25, 0.3) is 0 Å². The van der Waals surface area contributed by atoms with Gasteiger partial charge in [-0.15, -0.1) is 0 Å². The molecule has 1 aliphatic carbocycles. The molecule has 0 saturated heterocycles. The average Bonchev–Trinajstić information content (AvgIpc) is 3.17. The van der Waals surface area contributed by atoms with Crippen molar-refractivity contribution in [1.29, 1.82) is 0 Å². The summed E-state index contributed by atoms with van der Waals surface area (Å²) in [6.07, 6.45) is 4.01. The predicted molar refractivity (Wildman–Crippen MR) is 111 cm³/mol. The van der Waals surface area contributed by atoms with E-state index in [0.717, 1.165) is 47.5 Å². The molecule has 2 aromatic carbocycles. The van der Waals surface area contributed by atoms with E-state index in [9.17, 15) is 4.79 Å². The molecule has 148 valence electrons. The lowest BCUT2D eigenvalue weighted by molar-refractivity contribution is -0.136. The number of carboxylic acid groups (broad SMARTS) is 1. The molecule has 4 heteroatoms. The summed E-state index contributed by atoms with van der Waals surface area (Å²) in [7, 11) is 1.68. The molecule has 0 aromatic heterocycles. The van der Waals surface area contributed by atoms with Crippen LogP contribution in [0, 0.1) is 13.8 Å². The molecule has 1 aliphatic rings. The zero-order valence-electron chi connectivity index (χ0n) is 16.9. The topological polar surface area (TPSA) is 55.8 Å². The average molecular weight is 380 g/mol. The monoisotopic (exact) mass is 380 g/mol. The smallest absolute Gasteiger partial charge is 0.303 e. The fraction of sp³-hybridized carbons (Fsp3) is 0.375. The Bertz CT molecular complexity index is 878. The number of carboxylic acids is 1. The Hall–Kier alpha value is -2.75. The first-order chi connectivity index (χ1) is 13.5. The van der Waals surface area contributed by atoms with Gasteiger partial charge in [-0.1, -0.05) is 18.2 Å². The van der Waals surface area contributed by atoms with Crippen molar-refractivity contribution in [2.24, 2.45) is 0 Å². The van der Waals surface area contributed by atoms with Gasteiger partial charge in [0.1, 0.15) is 18.1 Å². The lowest BCUT2D eigenvalue weighted by Gasteiger charge is -2.16. The zero-order chi connectivity index (χ0) is 20.1. The van der Waals surface area contributed by atoms with Crippen LogP contribution >= 0.6 is 0 Å². The van der Waals surface area contributed by atoms with Crippen LogP contribution in [0.3, 0.4) is 0 Å². The minimum atomic E-state index is -0.767. The van der Waals surface area contributed by atoms with E-state index in [1.165, 1.54) is 16.7 Å². The first kappa shape index (κ1) is 20.0. The zero-order valence-corrected chi connectivity index (χ0v) is 16.9. The van der Waals surface area contributed by atoms with E-state index in [-0.39, 0.29) is 6.42 Å². The summed E-state index contributed by atoms with van der Waals surface area (Å²) in [4.78, 5) is 10.8. The number of hydrogen-bond donors (Lipinski definition) is 1. The van der Waals surface area contributed by atoms with Crippen molar-refractivity contribution >= 4 is 11.5 Å². The van der Waals surface area contributed by atoms with Crippen molar-refractivity contribution in [2.45, 2.75) is 46.0 Å². The highest BCUT2D eigenvalue weighted by Crippen LogP contribution is 2.35. The molecule has 3 rings (SSSR count). The molecule has 0 heterocycles. The minimum Gasteiger partial charge on any atom is -0.497 e. The highest BCUT2D eigenvalue weighted by Gasteiger charge is 2.17. The predicted octanol–water partition coefficient (Wildman–Crippen LogP) is 5.35. The Labute approximate surface area is 166 Å². The van der Waals surface area contributed by atoms with E-state index in [0.29, 0.717) is 13.0 Å². The van der Waals surface area contributed by atoms with Crippen LogP contribution in [0.5, 0.6) is 11.5 Å². The Morgan fingerprint density at radius 2 is 1.79 bits per heavy atom. The van der Waals surface area contributed by atoms with Crippen molar-refractivity contribution in [3.63, 3.8) is 0 Å². The Balaban J connectivity index is 1.73. The molecular formula is C24H28O4. The lowest BCUT2D eigenvalue weighted by Crippen LogP contribution is -2.05. The Morgan fingerprint density at radius 3 is 2.46 bits per heavy atom. The van der Waals surface area contributed by atoms with E-state index in [4.69, 9.17) is 14.6 Å². The van der Waals surface area contributed by atoms with Crippen molar-refractivity contribution < 1.29 is 19.4 Å². The summed E-state index contributed by atoms with van der Waals surface area (Å²) in [6, 6.07) is 12.2. The van der Waals surface area contributed by atoms with Crippen LogP contribution < -0.4 is 9.47 Å². The first-order valence-corrected chi connectivity index (χ1v) is 9.78. The van der Waals surface area contributed by atoms with Gasteiger partial charge in [-0.25, -0.2) is 0 Å². The second-order valence-electron chi connectivity index (χ2n) is 7.32. The molecule has 0 radical (unpaired) electrons. The van der Waals surface area contributed by atoms with E-state index in [1.54, 1.807) is 7.11 Å². The summed E-state index contributed by atoms with van der Waals surface area (Å²) in [6.45, 7) is 4.68. The van der Waals surface area contributed by atoms with E-state index >= 15 is 0 Å². The van der Waals surface area contributed by atoms with Crippen molar-refractivity contribution in [3.8, 4) is 11.5 Å². The number of carbonyl (C=O) groups is 1. The van der Waals surface area contributed by atoms with Crippen LogP contribution in [-0.2, 0) is 11.2 Å². The highest BCUT2D eigenvalue weighted by atomic mass is 16.5. The number of hydrogen-bond acceptors (Lipinski definition) is 3. The minimum absolute atomic E-state index is 0.151. The van der Waals surface area contributed by atoms with E-state index < -0.39 is 5.97 Å². The van der Waals surface area contributed by atoms with Crippen LogP contribution in [0.15, 0.2) is 42.0 Å². The number of rotatable bonds is 8. The maximum Gasteiger partial charge on any atom is 0.303 e. The SMILES string of the molecule is COc1ccc(C2=C(COc3ccc(CCC(=O)O)c(C)c3C)CCC2)cc1. The Morgan fingerprint density at radius 1 is 1.04 bits per heavy atom. The largest absolute Gasteiger partial charge is 0.497 e. The normalized spacial score (nSPS) is 13.7. The van der Waals surface area contributed by atoms with Gasteiger partial charge in [0.05, 0.1) is 7.11 Å². The summed E-state index contributed by atoms with van der Waals surface area (Å²) >= 11 is 0. The number of ether oxygens (including phenoxy) is 2. The Kier molecular flexibility index (Phi) is 6.40. The fourth-order valence-corrected chi connectivity index (χ4v) is 3.79. The summed E-state index contributed by atoms with van der Waals surface area (Å²) in [5, 5.41) is 8.91. The van der Waals surface area contributed by atoms with Crippen LogP contribution in [0.2, 0.25) is 0 Å². The summed E-state index contributed by atoms with van der Waals surface area (Å²) < 4.78 is 11.4. The maximum atomic E-state index is 10.8. The molecular weight excluding hydrogens is 352 g/mol. The highest BCUT2D eigenvalue weighted by molar-refractivity contribution is 5.71. The molecule has 0 amide bonds. The standard InChI is InChI=1S/C24H28O4/c1-16-17(2)23(13-9-18(16)10-14-24(25)26)28-15-20-5-4-6-22(20)19-7-11-21(27-3)12-8-19/h7-9,11-13H,4-6,10,14-15H2,1-3H3,(H,25,26). The molecule has 1 N–H and O–H groups in total. The van der Waals surface area contributed by atoms with Crippen LogP contribution in [-0.4, -0.2) is 24.8 Å². The number of aryl methyl sites for hydroxylation is 1. The van der Waals surface area contributed by atoms with E-state index in [1.807, 2.05) is 38.1 Å². The van der Waals surface area contributed by atoms with Gasteiger partial charge < -0.3 is 14.6 Å². The van der Waals surface area contributed by atoms with Gasteiger partial charge in [-0.3, -0.25) is 4.79 Å². The molecule has 0 atom stereocenters. The third-order valence-corrected chi connectivity index (χ3v) is 5.63. The molecule has 0 bridgehead atoms. The van der Waals surface area contributed by atoms with Crippen molar-refractivity contribution in [1.82, 2.24) is 0 Å². The number of aliphatic carboxylic acids is 1. The number of allylic oxidation sites excluding steroid dienone is 1. The van der Waals surface area contributed by atoms with Crippen molar-refractivity contribution in [2.75, 3.05) is 13.7 Å². The second-order valence-corrected chi connectivity index (χ2v) is 7.32. The van der Waals surface area contributed by atoms with Crippen LogP contribution in [0.25, 0.3) is 5.57 Å². The van der Waals surface area contributed by atoms with Gasteiger partial charge in [0.15, 0.2) is 0 Å². The van der Waals surface area contributed by atoms with Crippen LogP contribution in [0.1, 0.15) is 47.9 Å². The third kappa shape index (κ3) is 4.56. The molecule has 28 heavy (non-hydrogen) atoms. The molecule has 0 saturated carbocycles. The maximum absolute atomic E-state index is 10.8. The van der Waals surface area contributed by atoms with Crippen LogP contribution in [0.4, 0.5) is 0 Å². The molecule has 0 fully saturated rings. The summed E-state index contributed by atoms with van der Waals surface area (Å²) in [5.74, 6) is 0.982. The second kappa shape index (κ2) is 8.96. The van der Waals surface area contributed by atoms with Gasteiger partial charge in [-0.05, 0) is 91.1 Å². The molecule has 0 aliphatic heterocycles. The van der Waals surface area contributed by atoms with Gasteiger partial charge >= 0.3 is 5.97 Å². The molecule has 0 spiro atoms. The van der Waals surface area contributed by atoms with Gasteiger partial charge in [0.2, 0.25) is 0 Å². The third-order valence-electron chi connectivity index (χ3n) is 5.63. The van der Waals surface area contributed by atoms with E-state index in [2.05, 4.69) is 12.1 Å². The van der Waals surface area contributed by atoms with Crippen molar-refractivity contribution in [3.05, 3.63) is 64.2 Å². The number of methoxy groups -OCH3 is 1. The van der Waals surface area contributed by atoms with Gasteiger partial charge in [-0.2, -0.15) is 0 Å². The molecule has 4 nitrogen and oxygen atoms in total.